The first-order chi connectivity index (χ1) is 9.22. The summed E-state index contributed by atoms with van der Waals surface area (Å²) in [6.07, 6.45) is 8.88. The SMILES string of the molecule is Cc1nc(CC2CC2)nc(C)c1CCCNC1CC1. The third kappa shape index (κ3) is 3.75. The van der Waals surface area contributed by atoms with Crippen LogP contribution in [0.2, 0.25) is 0 Å². The van der Waals surface area contributed by atoms with Gasteiger partial charge < -0.3 is 5.32 Å². The fraction of sp³-hybridized carbons (Fsp3) is 0.750. The molecular weight excluding hydrogens is 234 g/mol. The Morgan fingerprint density at radius 2 is 1.74 bits per heavy atom. The molecule has 0 radical (unpaired) electrons. The molecule has 0 spiro atoms. The summed E-state index contributed by atoms with van der Waals surface area (Å²) in [5, 5.41) is 3.57. The number of hydrogen-bond donors (Lipinski definition) is 1. The molecule has 1 N–H and O–H groups in total. The van der Waals surface area contributed by atoms with E-state index in [1.54, 1.807) is 0 Å². The minimum atomic E-state index is 0.819. The molecule has 0 saturated heterocycles. The Bertz CT molecular complexity index is 424. The lowest BCUT2D eigenvalue weighted by Gasteiger charge is -2.11. The number of nitrogens with one attached hydrogen (secondary N) is 1. The van der Waals surface area contributed by atoms with Gasteiger partial charge in [-0.25, -0.2) is 9.97 Å². The van der Waals surface area contributed by atoms with Crippen molar-refractivity contribution in [3.8, 4) is 0 Å². The Kier molecular flexibility index (Phi) is 3.83. The van der Waals surface area contributed by atoms with E-state index < -0.39 is 0 Å². The summed E-state index contributed by atoms with van der Waals surface area (Å²) >= 11 is 0. The van der Waals surface area contributed by atoms with Crippen LogP contribution in [-0.4, -0.2) is 22.6 Å². The zero-order valence-corrected chi connectivity index (χ0v) is 12.2. The van der Waals surface area contributed by atoms with Crippen molar-refractivity contribution >= 4 is 0 Å². The highest BCUT2D eigenvalue weighted by Crippen LogP contribution is 2.32. The molecule has 3 rings (SSSR count). The standard InChI is InChI=1S/C16H25N3/c1-11-15(4-3-9-17-14-7-8-14)12(2)19-16(18-11)10-13-5-6-13/h13-14,17H,3-10H2,1-2H3. The van der Waals surface area contributed by atoms with E-state index in [2.05, 4.69) is 19.2 Å². The molecule has 2 saturated carbocycles. The van der Waals surface area contributed by atoms with Crippen molar-refractivity contribution in [3.05, 3.63) is 22.8 Å². The van der Waals surface area contributed by atoms with Crippen molar-refractivity contribution < 1.29 is 0 Å². The molecule has 19 heavy (non-hydrogen) atoms. The number of rotatable bonds is 7. The quantitative estimate of drug-likeness (QED) is 0.765. The number of aromatic nitrogens is 2. The number of nitrogens with zero attached hydrogens (tertiary/aromatic N) is 2. The first-order valence-electron chi connectivity index (χ1n) is 7.79. The maximum Gasteiger partial charge on any atom is 0.129 e. The maximum absolute atomic E-state index is 4.71. The van der Waals surface area contributed by atoms with Crippen molar-refractivity contribution in [1.82, 2.24) is 15.3 Å². The van der Waals surface area contributed by atoms with Crippen LogP contribution in [0, 0.1) is 19.8 Å². The third-order valence-corrected chi connectivity index (χ3v) is 4.25. The molecule has 0 atom stereocenters. The molecule has 0 amide bonds. The summed E-state index contributed by atoms with van der Waals surface area (Å²) in [6.45, 7) is 5.43. The molecule has 1 heterocycles. The summed E-state index contributed by atoms with van der Waals surface area (Å²) in [5.74, 6) is 1.93. The van der Waals surface area contributed by atoms with Gasteiger partial charge >= 0.3 is 0 Å². The number of aryl methyl sites for hydroxylation is 2. The van der Waals surface area contributed by atoms with Crippen LogP contribution in [0.3, 0.4) is 0 Å². The van der Waals surface area contributed by atoms with Crippen molar-refractivity contribution in [1.29, 1.82) is 0 Å². The molecule has 0 bridgehead atoms. The fourth-order valence-electron chi connectivity index (χ4n) is 2.70. The smallest absolute Gasteiger partial charge is 0.129 e. The molecule has 1 aromatic heterocycles. The summed E-state index contributed by atoms with van der Waals surface area (Å²) in [6, 6.07) is 0.819. The predicted molar refractivity (Wildman–Crippen MR) is 77.3 cm³/mol. The first kappa shape index (κ1) is 13.0. The highest BCUT2D eigenvalue weighted by Gasteiger charge is 2.23. The Hall–Kier alpha value is -0.960. The summed E-state index contributed by atoms with van der Waals surface area (Å²) in [4.78, 5) is 9.42. The largest absolute Gasteiger partial charge is 0.314 e. The van der Waals surface area contributed by atoms with Gasteiger partial charge in [0.2, 0.25) is 0 Å². The molecule has 0 unspecified atom stereocenters. The Morgan fingerprint density at radius 1 is 1.05 bits per heavy atom. The average Bonchev–Trinajstić information content (AvgIpc) is 3.21. The predicted octanol–water partition coefficient (Wildman–Crippen LogP) is 2.73. The van der Waals surface area contributed by atoms with E-state index in [-0.39, 0.29) is 0 Å². The van der Waals surface area contributed by atoms with Crippen LogP contribution in [-0.2, 0) is 12.8 Å². The van der Waals surface area contributed by atoms with E-state index in [4.69, 9.17) is 9.97 Å². The minimum absolute atomic E-state index is 0.819. The van der Waals surface area contributed by atoms with Gasteiger partial charge in [0.05, 0.1) is 0 Å². The molecule has 3 heteroatoms. The average molecular weight is 259 g/mol. The van der Waals surface area contributed by atoms with Gasteiger partial charge in [-0.1, -0.05) is 0 Å². The lowest BCUT2D eigenvalue weighted by Crippen LogP contribution is -2.18. The number of hydrogen-bond acceptors (Lipinski definition) is 3. The van der Waals surface area contributed by atoms with Crippen molar-refractivity contribution in [2.45, 2.75) is 64.8 Å². The highest BCUT2D eigenvalue weighted by atomic mass is 14.9. The molecule has 2 fully saturated rings. The summed E-state index contributed by atoms with van der Waals surface area (Å²) in [7, 11) is 0. The maximum atomic E-state index is 4.71. The zero-order chi connectivity index (χ0) is 13.2. The Labute approximate surface area is 116 Å². The van der Waals surface area contributed by atoms with Gasteiger partial charge in [0.15, 0.2) is 0 Å². The van der Waals surface area contributed by atoms with Crippen LogP contribution in [0.1, 0.15) is 54.9 Å². The van der Waals surface area contributed by atoms with Crippen LogP contribution < -0.4 is 5.32 Å². The second kappa shape index (κ2) is 5.58. The van der Waals surface area contributed by atoms with Gasteiger partial charge in [-0.15, -0.1) is 0 Å². The summed E-state index contributed by atoms with van der Waals surface area (Å²) in [5.41, 5.74) is 3.78. The van der Waals surface area contributed by atoms with Gasteiger partial charge in [-0.05, 0) is 70.4 Å². The molecule has 104 valence electrons. The van der Waals surface area contributed by atoms with Crippen LogP contribution in [0.25, 0.3) is 0 Å². The van der Waals surface area contributed by atoms with Crippen LogP contribution in [0.4, 0.5) is 0 Å². The molecule has 3 nitrogen and oxygen atoms in total. The summed E-state index contributed by atoms with van der Waals surface area (Å²) < 4.78 is 0. The van der Waals surface area contributed by atoms with E-state index in [9.17, 15) is 0 Å². The lowest BCUT2D eigenvalue weighted by atomic mass is 10.1. The van der Waals surface area contributed by atoms with E-state index in [0.29, 0.717) is 0 Å². The Morgan fingerprint density at radius 3 is 2.32 bits per heavy atom. The van der Waals surface area contributed by atoms with E-state index in [0.717, 1.165) is 37.2 Å². The van der Waals surface area contributed by atoms with Gasteiger partial charge in [0, 0.05) is 23.9 Å². The van der Waals surface area contributed by atoms with Crippen LogP contribution in [0.5, 0.6) is 0 Å². The van der Waals surface area contributed by atoms with Crippen molar-refractivity contribution in [2.24, 2.45) is 5.92 Å². The first-order valence-corrected chi connectivity index (χ1v) is 7.79. The molecule has 1 aromatic rings. The molecule has 0 aromatic carbocycles. The zero-order valence-electron chi connectivity index (χ0n) is 12.2. The molecule has 2 aliphatic rings. The van der Waals surface area contributed by atoms with E-state index in [1.807, 2.05) is 0 Å². The minimum Gasteiger partial charge on any atom is -0.314 e. The third-order valence-electron chi connectivity index (χ3n) is 4.25. The van der Waals surface area contributed by atoms with Crippen molar-refractivity contribution in [3.63, 3.8) is 0 Å². The van der Waals surface area contributed by atoms with Gasteiger partial charge in [0.1, 0.15) is 5.82 Å². The fourth-order valence-corrected chi connectivity index (χ4v) is 2.70. The lowest BCUT2D eigenvalue weighted by molar-refractivity contribution is 0.639. The van der Waals surface area contributed by atoms with Gasteiger partial charge in [0.25, 0.3) is 0 Å². The normalized spacial score (nSPS) is 18.8. The van der Waals surface area contributed by atoms with E-state index in [1.165, 1.54) is 49.1 Å². The monoisotopic (exact) mass is 259 g/mol. The Balaban J connectivity index is 1.56. The van der Waals surface area contributed by atoms with E-state index >= 15 is 0 Å². The van der Waals surface area contributed by atoms with Crippen LogP contribution in [0.15, 0.2) is 0 Å². The van der Waals surface area contributed by atoms with Crippen LogP contribution >= 0.6 is 0 Å². The molecule has 2 aliphatic carbocycles. The second-order valence-electron chi connectivity index (χ2n) is 6.27. The molecular formula is C16H25N3. The topological polar surface area (TPSA) is 37.8 Å². The van der Waals surface area contributed by atoms with Crippen molar-refractivity contribution in [2.75, 3.05) is 6.54 Å². The van der Waals surface area contributed by atoms with Gasteiger partial charge in [-0.3, -0.25) is 0 Å². The van der Waals surface area contributed by atoms with Gasteiger partial charge in [-0.2, -0.15) is 0 Å². The molecule has 0 aliphatic heterocycles. The highest BCUT2D eigenvalue weighted by molar-refractivity contribution is 5.24. The second-order valence-corrected chi connectivity index (χ2v) is 6.27.